The van der Waals surface area contributed by atoms with Crippen LogP contribution in [0.4, 0.5) is 0 Å². The van der Waals surface area contributed by atoms with Gasteiger partial charge >= 0.3 is 5.97 Å². The lowest BCUT2D eigenvalue weighted by Gasteiger charge is -2.17. The van der Waals surface area contributed by atoms with Crippen LogP contribution in [-0.4, -0.2) is 30.3 Å². The number of ether oxygens (including phenoxy) is 2. The predicted molar refractivity (Wildman–Crippen MR) is 128 cm³/mol. The molecule has 2 aromatic carbocycles. The first-order chi connectivity index (χ1) is 15.2. The molecule has 168 valence electrons. The van der Waals surface area contributed by atoms with E-state index in [0.717, 1.165) is 11.6 Å². The average Bonchev–Trinajstić information content (AvgIpc) is 2.76. The Hall–Kier alpha value is -3.16. The highest BCUT2D eigenvalue weighted by molar-refractivity contribution is 6.76. The van der Waals surface area contributed by atoms with E-state index in [1.54, 1.807) is 18.2 Å². The normalized spacial score (nSPS) is 11.3. The molecule has 3 rings (SSSR count). The zero-order chi connectivity index (χ0) is 23.1. The molecule has 0 aliphatic rings. The van der Waals surface area contributed by atoms with Crippen molar-refractivity contribution in [1.82, 2.24) is 4.57 Å². The van der Waals surface area contributed by atoms with Gasteiger partial charge in [0, 0.05) is 26.4 Å². The molecule has 0 spiro atoms. The molecule has 0 saturated heterocycles. The molecule has 7 heteroatoms. The van der Waals surface area contributed by atoms with Crippen LogP contribution in [0.1, 0.15) is 15.9 Å². The molecular weight excluding hydrogens is 422 g/mol. The SMILES string of the molecule is C[Si](C)(C)CCOCn1cc(C(=O)O)cc(-c2ccccc2OCc2ccccc2)c1=O. The van der Waals surface area contributed by atoms with Crippen LogP contribution in [0.15, 0.2) is 71.7 Å². The number of hydrogen-bond donors (Lipinski definition) is 1. The van der Waals surface area contributed by atoms with E-state index in [1.807, 2.05) is 36.4 Å². The summed E-state index contributed by atoms with van der Waals surface area (Å²) in [6.45, 7) is 7.62. The summed E-state index contributed by atoms with van der Waals surface area (Å²) < 4.78 is 13.0. The van der Waals surface area contributed by atoms with Crippen molar-refractivity contribution in [3.8, 4) is 16.9 Å². The van der Waals surface area contributed by atoms with Crippen molar-refractivity contribution in [3.05, 3.63) is 88.3 Å². The Morgan fingerprint density at radius 1 is 1.00 bits per heavy atom. The van der Waals surface area contributed by atoms with Gasteiger partial charge in [-0.05, 0) is 23.7 Å². The molecule has 1 aromatic heterocycles. The minimum absolute atomic E-state index is 0.00444. The molecule has 6 nitrogen and oxygen atoms in total. The molecule has 0 unspecified atom stereocenters. The van der Waals surface area contributed by atoms with Crippen molar-refractivity contribution >= 4 is 14.0 Å². The second-order valence-electron chi connectivity index (χ2n) is 8.84. The van der Waals surface area contributed by atoms with E-state index in [4.69, 9.17) is 9.47 Å². The van der Waals surface area contributed by atoms with Crippen LogP contribution in [0.3, 0.4) is 0 Å². The van der Waals surface area contributed by atoms with Crippen LogP contribution >= 0.6 is 0 Å². The standard InChI is InChI=1S/C25H29NO5Si/c1-32(2,3)14-13-30-18-26-16-20(25(28)29)15-22(24(26)27)21-11-7-8-12-23(21)31-17-19-9-5-4-6-10-19/h4-12,15-16H,13-14,17-18H2,1-3H3,(H,28,29). The van der Waals surface area contributed by atoms with Crippen LogP contribution < -0.4 is 10.3 Å². The van der Waals surface area contributed by atoms with Gasteiger partial charge < -0.3 is 14.6 Å². The smallest absolute Gasteiger partial charge is 0.337 e. The average molecular weight is 452 g/mol. The van der Waals surface area contributed by atoms with E-state index < -0.39 is 14.0 Å². The number of aromatic carboxylic acids is 1. The number of carboxylic acids is 1. The number of carbonyl (C=O) groups is 1. The highest BCUT2D eigenvalue weighted by Gasteiger charge is 2.17. The third-order valence-electron chi connectivity index (χ3n) is 4.97. The molecule has 3 aromatic rings. The summed E-state index contributed by atoms with van der Waals surface area (Å²) in [5.41, 5.74) is 1.51. The maximum Gasteiger partial charge on any atom is 0.337 e. The number of rotatable bonds is 10. The van der Waals surface area contributed by atoms with E-state index in [9.17, 15) is 14.7 Å². The number of benzene rings is 2. The summed E-state index contributed by atoms with van der Waals surface area (Å²) in [5.74, 6) is -0.591. The molecule has 0 radical (unpaired) electrons. The maximum absolute atomic E-state index is 13.2. The van der Waals surface area contributed by atoms with Gasteiger partial charge in [0.05, 0.1) is 11.1 Å². The van der Waals surface area contributed by atoms with E-state index in [1.165, 1.54) is 16.8 Å². The second-order valence-corrected chi connectivity index (χ2v) is 14.5. The molecule has 0 saturated carbocycles. The summed E-state index contributed by atoms with van der Waals surface area (Å²) in [6, 6.07) is 19.2. The molecule has 0 bridgehead atoms. The van der Waals surface area contributed by atoms with Gasteiger partial charge in [-0.25, -0.2) is 4.79 Å². The number of pyridine rings is 1. The molecule has 0 fully saturated rings. The Balaban J connectivity index is 1.90. The lowest BCUT2D eigenvalue weighted by molar-refractivity contribution is 0.0688. The quantitative estimate of drug-likeness (QED) is 0.343. The zero-order valence-electron chi connectivity index (χ0n) is 18.7. The van der Waals surface area contributed by atoms with Crippen molar-refractivity contribution < 1.29 is 19.4 Å². The number of hydrogen-bond acceptors (Lipinski definition) is 4. The topological polar surface area (TPSA) is 77.8 Å². The van der Waals surface area contributed by atoms with Crippen LogP contribution in [-0.2, 0) is 18.1 Å². The molecule has 1 heterocycles. The molecule has 1 N–H and O–H groups in total. The van der Waals surface area contributed by atoms with Crippen molar-refractivity contribution in [2.75, 3.05) is 6.61 Å². The van der Waals surface area contributed by atoms with Crippen molar-refractivity contribution in [2.24, 2.45) is 0 Å². The third kappa shape index (κ3) is 6.42. The minimum Gasteiger partial charge on any atom is -0.488 e. The number of para-hydroxylation sites is 1. The molecule has 0 aliphatic carbocycles. The third-order valence-corrected chi connectivity index (χ3v) is 6.68. The molecule has 0 atom stereocenters. The summed E-state index contributed by atoms with van der Waals surface area (Å²) in [4.78, 5) is 24.9. The molecule has 0 amide bonds. The van der Waals surface area contributed by atoms with E-state index in [-0.39, 0.29) is 23.4 Å². The van der Waals surface area contributed by atoms with Crippen molar-refractivity contribution in [2.45, 2.75) is 39.0 Å². The van der Waals surface area contributed by atoms with Gasteiger partial charge in [-0.15, -0.1) is 0 Å². The van der Waals surface area contributed by atoms with Gasteiger partial charge in [-0.3, -0.25) is 9.36 Å². The van der Waals surface area contributed by atoms with Crippen molar-refractivity contribution in [3.63, 3.8) is 0 Å². The first-order valence-corrected chi connectivity index (χ1v) is 14.3. The largest absolute Gasteiger partial charge is 0.488 e. The zero-order valence-corrected chi connectivity index (χ0v) is 19.7. The highest BCUT2D eigenvalue weighted by atomic mass is 28.3. The molecular formula is C25H29NO5Si. The Morgan fingerprint density at radius 2 is 1.69 bits per heavy atom. The Bertz CT molecular complexity index is 1120. The predicted octanol–water partition coefficient (Wildman–Crippen LogP) is 5.10. The maximum atomic E-state index is 13.2. The fourth-order valence-corrected chi connectivity index (χ4v) is 3.89. The minimum atomic E-state index is -1.27. The number of aromatic nitrogens is 1. The fraction of sp³-hybridized carbons (Fsp3) is 0.280. The van der Waals surface area contributed by atoms with Gasteiger partial charge in [0.2, 0.25) is 0 Å². The Kier molecular flexibility index (Phi) is 7.66. The van der Waals surface area contributed by atoms with Gasteiger partial charge in [0.1, 0.15) is 19.1 Å². The van der Waals surface area contributed by atoms with E-state index in [2.05, 4.69) is 19.6 Å². The van der Waals surface area contributed by atoms with Gasteiger partial charge in [0.15, 0.2) is 0 Å². The second kappa shape index (κ2) is 10.4. The van der Waals surface area contributed by atoms with Crippen LogP contribution in [0, 0.1) is 0 Å². The lowest BCUT2D eigenvalue weighted by atomic mass is 10.0. The van der Waals surface area contributed by atoms with Crippen LogP contribution in [0.25, 0.3) is 11.1 Å². The van der Waals surface area contributed by atoms with Gasteiger partial charge in [-0.2, -0.15) is 0 Å². The van der Waals surface area contributed by atoms with Gasteiger partial charge in [0.25, 0.3) is 5.56 Å². The van der Waals surface area contributed by atoms with Crippen LogP contribution in [0.2, 0.25) is 25.7 Å². The summed E-state index contributed by atoms with van der Waals surface area (Å²) in [5, 5.41) is 9.59. The highest BCUT2D eigenvalue weighted by Crippen LogP contribution is 2.29. The lowest BCUT2D eigenvalue weighted by Crippen LogP contribution is -2.26. The first kappa shape index (κ1) is 23.5. The van der Waals surface area contributed by atoms with E-state index >= 15 is 0 Å². The van der Waals surface area contributed by atoms with Crippen molar-refractivity contribution in [1.29, 1.82) is 0 Å². The first-order valence-electron chi connectivity index (χ1n) is 10.6. The number of nitrogens with zero attached hydrogens (tertiary/aromatic N) is 1. The van der Waals surface area contributed by atoms with Gasteiger partial charge in [-0.1, -0.05) is 68.2 Å². The monoisotopic (exact) mass is 451 g/mol. The van der Waals surface area contributed by atoms with E-state index in [0.29, 0.717) is 24.5 Å². The summed E-state index contributed by atoms with van der Waals surface area (Å²) in [6.07, 6.45) is 1.33. The summed E-state index contributed by atoms with van der Waals surface area (Å²) in [7, 11) is -1.27. The Morgan fingerprint density at radius 3 is 2.38 bits per heavy atom. The Labute approximate surface area is 189 Å². The molecule has 0 aliphatic heterocycles. The fourth-order valence-electron chi connectivity index (χ4n) is 3.13. The number of carboxylic acid groups (broad SMARTS) is 1. The summed E-state index contributed by atoms with van der Waals surface area (Å²) >= 11 is 0. The molecule has 32 heavy (non-hydrogen) atoms. The van der Waals surface area contributed by atoms with Crippen LogP contribution in [0.5, 0.6) is 5.75 Å².